The molecule has 1 spiro atoms. The SMILES string of the molecule is Cn1nc(-c2ccncc2)nc1[C@H]1CC12CCCC2. The summed E-state index contributed by atoms with van der Waals surface area (Å²) in [4.78, 5) is 8.83. The molecule has 1 atom stereocenters. The van der Waals surface area contributed by atoms with E-state index in [1.54, 1.807) is 12.4 Å². The van der Waals surface area contributed by atoms with Crippen molar-refractivity contribution < 1.29 is 0 Å². The van der Waals surface area contributed by atoms with E-state index in [1.807, 2.05) is 23.9 Å². The van der Waals surface area contributed by atoms with Crippen molar-refractivity contribution in [2.24, 2.45) is 12.5 Å². The Morgan fingerprint density at radius 3 is 2.68 bits per heavy atom. The van der Waals surface area contributed by atoms with E-state index in [2.05, 4.69) is 10.1 Å². The molecule has 2 aliphatic carbocycles. The lowest BCUT2D eigenvalue weighted by molar-refractivity contribution is 0.497. The van der Waals surface area contributed by atoms with E-state index in [4.69, 9.17) is 4.98 Å². The Bertz CT molecular complexity index is 596. The van der Waals surface area contributed by atoms with E-state index in [9.17, 15) is 0 Å². The van der Waals surface area contributed by atoms with Gasteiger partial charge in [0.1, 0.15) is 5.82 Å². The van der Waals surface area contributed by atoms with Crippen molar-refractivity contribution in [3.8, 4) is 11.4 Å². The summed E-state index contributed by atoms with van der Waals surface area (Å²) in [6, 6.07) is 3.94. The molecule has 2 saturated carbocycles. The summed E-state index contributed by atoms with van der Waals surface area (Å²) in [5.74, 6) is 2.65. The fourth-order valence-corrected chi connectivity index (χ4v) is 3.67. The summed E-state index contributed by atoms with van der Waals surface area (Å²) < 4.78 is 1.98. The minimum atomic E-state index is 0.580. The lowest BCUT2D eigenvalue weighted by Crippen LogP contribution is -2.03. The first kappa shape index (κ1) is 11.1. The van der Waals surface area contributed by atoms with E-state index in [0.717, 1.165) is 11.4 Å². The molecule has 4 rings (SSSR count). The molecular weight excluding hydrogens is 236 g/mol. The van der Waals surface area contributed by atoms with Crippen molar-refractivity contribution in [3.63, 3.8) is 0 Å². The number of nitrogens with zero attached hydrogens (tertiary/aromatic N) is 4. The molecule has 2 aliphatic rings. The highest BCUT2D eigenvalue weighted by Crippen LogP contribution is 2.67. The van der Waals surface area contributed by atoms with E-state index >= 15 is 0 Å². The van der Waals surface area contributed by atoms with Gasteiger partial charge in [0, 0.05) is 30.9 Å². The van der Waals surface area contributed by atoms with Crippen molar-refractivity contribution in [3.05, 3.63) is 30.4 Å². The highest BCUT2D eigenvalue weighted by Gasteiger charge is 2.57. The van der Waals surface area contributed by atoms with Crippen molar-refractivity contribution in [1.29, 1.82) is 0 Å². The summed E-state index contributed by atoms with van der Waals surface area (Å²) in [5, 5.41) is 4.57. The maximum atomic E-state index is 4.79. The zero-order chi connectivity index (χ0) is 12.9. The van der Waals surface area contributed by atoms with Gasteiger partial charge in [-0.2, -0.15) is 5.10 Å². The molecule has 0 aliphatic heterocycles. The van der Waals surface area contributed by atoms with Crippen molar-refractivity contribution in [2.75, 3.05) is 0 Å². The zero-order valence-corrected chi connectivity index (χ0v) is 11.2. The van der Waals surface area contributed by atoms with Crippen LogP contribution in [0.4, 0.5) is 0 Å². The van der Waals surface area contributed by atoms with E-state index in [-0.39, 0.29) is 0 Å². The predicted molar refractivity (Wildman–Crippen MR) is 72.5 cm³/mol. The molecule has 0 amide bonds. The molecule has 0 radical (unpaired) electrons. The van der Waals surface area contributed by atoms with Crippen LogP contribution in [0.15, 0.2) is 24.5 Å². The molecule has 2 aromatic heterocycles. The Labute approximate surface area is 112 Å². The van der Waals surface area contributed by atoms with Gasteiger partial charge >= 0.3 is 0 Å². The number of aromatic nitrogens is 4. The molecule has 2 fully saturated rings. The third-order valence-electron chi connectivity index (χ3n) is 4.84. The highest BCUT2D eigenvalue weighted by molar-refractivity contribution is 5.53. The molecular formula is C15H18N4. The van der Waals surface area contributed by atoms with Gasteiger partial charge in [0.05, 0.1) is 0 Å². The van der Waals surface area contributed by atoms with Crippen LogP contribution in [0.1, 0.15) is 43.8 Å². The molecule has 4 heteroatoms. The van der Waals surface area contributed by atoms with Gasteiger partial charge in [-0.1, -0.05) is 12.8 Å². The second-order valence-corrected chi connectivity index (χ2v) is 5.98. The molecule has 2 heterocycles. The zero-order valence-electron chi connectivity index (χ0n) is 11.2. The Kier molecular flexibility index (Phi) is 2.28. The van der Waals surface area contributed by atoms with Crippen LogP contribution in [-0.4, -0.2) is 19.7 Å². The lowest BCUT2D eigenvalue weighted by atomic mass is 10.0. The average Bonchev–Trinajstić information content (AvgIpc) is 2.76. The summed E-state index contributed by atoms with van der Waals surface area (Å²) >= 11 is 0. The third kappa shape index (κ3) is 1.70. The maximum absolute atomic E-state index is 4.79. The number of rotatable bonds is 2. The first-order valence-corrected chi connectivity index (χ1v) is 7.10. The fourth-order valence-electron chi connectivity index (χ4n) is 3.67. The molecule has 4 nitrogen and oxygen atoms in total. The van der Waals surface area contributed by atoms with Crippen LogP contribution in [0.25, 0.3) is 11.4 Å². The second-order valence-electron chi connectivity index (χ2n) is 5.98. The van der Waals surface area contributed by atoms with Gasteiger partial charge in [-0.25, -0.2) is 4.98 Å². The topological polar surface area (TPSA) is 43.6 Å². The predicted octanol–water partition coefficient (Wildman–Crippen LogP) is 2.92. The highest BCUT2D eigenvalue weighted by atomic mass is 15.3. The normalized spacial score (nSPS) is 23.9. The van der Waals surface area contributed by atoms with Crippen LogP contribution in [0, 0.1) is 5.41 Å². The van der Waals surface area contributed by atoms with Gasteiger partial charge in [0.15, 0.2) is 5.82 Å². The molecule has 2 aromatic rings. The molecule has 0 bridgehead atoms. The molecule has 0 unspecified atom stereocenters. The molecule has 98 valence electrons. The average molecular weight is 254 g/mol. The summed E-state index contributed by atoms with van der Waals surface area (Å²) in [7, 11) is 2.02. The maximum Gasteiger partial charge on any atom is 0.181 e. The Balaban J connectivity index is 1.66. The van der Waals surface area contributed by atoms with Gasteiger partial charge < -0.3 is 0 Å². The monoisotopic (exact) mass is 254 g/mol. The quantitative estimate of drug-likeness (QED) is 0.827. The molecule has 0 aromatic carbocycles. The minimum Gasteiger partial charge on any atom is -0.265 e. The van der Waals surface area contributed by atoms with Crippen molar-refractivity contribution in [2.45, 2.75) is 38.0 Å². The van der Waals surface area contributed by atoms with Crippen LogP contribution in [0.2, 0.25) is 0 Å². The smallest absolute Gasteiger partial charge is 0.181 e. The number of hydrogen-bond acceptors (Lipinski definition) is 3. The number of aryl methyl sites for hydroxylation is 1. The Hall–Kier alpha value is -1.71. The van der Waals surface area contributed by atoms with E-state index in [0.29, 0.717) is 11.3 Å². The standard InChI is InChI=1S/C15H18N4/c1-19-14(12-10-15(12)6-2-3-7-15)17-13(18-19)11-4-8-16-9-5-11/h4-5,8-9,12H,2-3,6-7,10H2,1H3/t12-/m1/s1. The largest absolute Gasteiger partial charge is 0.265 e. The second kappa shape index (κ2) is 3.89. The first-order valence-electron chi connectivity index (χ1n) is 7.10. The summed E-state index contributed by atoms with van der Waals surface area (Å²) in [6.45, 7) is 0. The molecule has 0 saturated heterocycles. The third-order valence-corrected chi connectivity index (χ3v) is 4.84. The van der Waals surface area contributed by atoms with Crippen LogP contribution < -0.4 is 0 Å². The van der Waals surface area contributed by atoms with Gasteiger partial charge in [-0.15, -0.1) is 0 Å². The van der Waals surface area contributed by atoms with E-state index < -0.39 is 0 Å². The lowest BCUT2D eigenvalue weighted by Gasteiger charge is -2.06. The van der Waals surface area contributed by atoms with Gasteiger partial charge in [0.25, 0.3) is 0 Å². The molecule has 19 heavy (non-hydrogen) atoms. The number of hydrogen-bond donors (Lipinski definition) is 0. The van der Waals surface area contributed by atoms with Crippen LogP contribution in [0.5, 0.6) is 0 Å². The van der Waals surface area contributed by atoms with Gasteiger partial charge in [-0.05, 0) is 36.8 Å². The van der Waals surface area contributed by atoms with Crippen LogP contribution in [-0.2, 0) is 7.05 Å². The fraction of sp³-hybridized carbons (Fsp3) is 0.533. The Morgan fingerprint density at radius 1 is 1.21 bits per heavy atom. The van der Waals surface area contributed by atoms with E-state index in [1.165, 1.54) is 37.9 Å². The Morgan fingerprint density at radius 2 is 1.95 bits per heavy atom. The number of pyridine rings is 1. The summed E-state index contributed by atoms with van der Waals surface area (Å²) in [5.41, 5.74) is 1.63. The van der Waals surface area contributed by atoms with Crippen molar-refractivity contribution >= 4 is 0 Å². The van der Waals surface area contributed by atoms with Gasteiger partial charge in [-0.3, -0.25) is 9.67 Å². The molecule has 0 N–H and O–H groups in total. The minimum absolute atomic E-state index is 0.580. The van der Waals surface area contributed by atoms with Gasteiger partial charge in [0.2, 0.25) is 0 Å². The summed E-state index contributed by atoms with van der Waals surface area (Å²) in [6.07, 6.45) is 10.5. The van der Waals surface area contributed by atoms with Crippen LogP contribution >= 0.6 is 0 Å². The first-order chi connectivity index (χ1) is 9.28. The van der Waals surface area contributed by atoms with Crippen LogP contribution in [0.3, 0.4) is 0 Å². The van der Waals surface area contributed by atoms with Crippen molar-refractivity contribution in [1.82, 2.24) is 19.7 Å².